The van der Waals surface area contributed by atoms with Crippen molar-refractivity contribution in [3.63, 3.8) is 0 Å². The molecule has 0 radical (unpaired) electrons. The smallest absolute Gasteiger partial charge is 0.0932 e. The summed E-state index contributed by atoms with van der Waals surface area (Å²) in [7, 11) is 0. The molecule has 0 amide bonds. The molecule has 13 heavy (non-hydrogen) atoms. The van der Waals surface area contributed by atoms with Crippen molar-refractivity contribution in [1.29, 1.82) is 0 Å². The Bertz CT molecular complexity index is 120. The molecule has 82 valence electrons. The maximum absolute atomic E-state index is 2.39. The van der Waals surface area contributed by atoms with E-state index in [1.807, 2.05) is 0 Å². The van der Waals surface area contributed by atoms with Gasteiger partial charge in [0.1, 0.15) is 0 Å². The van der Waals surface area contributed by atoms with Gasteiger partial charge in [-0.15, -0.1) is 0 Å². The van der Waals surface area contributed by atoms with E-state index < -0.39 is 0 Å². The molecule has 0 aromatic carbocycles. The summed E-state index contributed by atoms with van der Waals surface area (Å²) in [6.07, 6.45) is 1.27. The lowest BCUT2D eigenvalue weighted by atomic mass is 9.95. The monoisotopic (exact) mass is 189 g/mol. The lowest BCUT2D eigenvalue weighted by molar-refractivity contribution is -0.968. The lowest BCUT2D eigenvalue weighted by Crippen LogP contribution is -2.61. The van der Waals surface area contributed by atoms with Crippen molar-refractivity contribution >= 4 is 0 Å². The molecule has 0 aliphatic heterocycles. The Labute approximate surface area is 83.8 Å². The van der Waals surface area contributed by atoms with Gasteiger partial charge in [0.2, 0.25) is 0 Å². The van der Waals surface area contributed by atoms with E-state index in [9.17, 15) is 0 Å². The van der Waals surface area contributed by atoms with Crippen LogP contribution in [0.5, 0.6) is 0 Å². The fourth-order valence-electron chi connectivity index (χ4n) is 2.29. The molecule has 0 rings (SSSR count). The molecule has 0 unspecified atom stereocenters. The van der Waals surface area contributed by atoms with E-state index in [0.29, 0.717) is 5.54 Å². The lowest BCUT2D eigenvalue weighted by Gasteiger charge is -2.48. The number of hydrogen-bond acceptors (Lipinski definition) is 1. The molecule has 0 aliphatic rings. The first-order chi connectivity index (χ1) is 5.49. The molecule has 0 spiro atoms. The summed E-state index contributed by atoms with van der Waals surface area (Å²) < 4.78 is 1.25. The molecule has 0 atom stereocenters. The van der Waals surface area contributed by atoms with Gasteiger partial charge in [-0.05, 0) is 41.0 Å². The Hall–Kier alpha value is -0.0800. The summed E-state index contributed by atoms with van der Waals surface area (Å²) in [5.74, 6) is 0. The Morgan fingerprint density at radius 2 is 1.15 bits per heavy atom. The first-order valence-electron chi connectivity index (χ1n) is 5.35. The van der Waals surface area contributed by atoms with E-state index in [4.69, 9.17) is 0 Å². The van der Waals surface area contributed by atoms with Crippen LogP contribution in [-0.4, -0.2) is 35.1 Å². The second-order valence-electron chi connectivity index (χ2n) is 4.26. The SMILES string of the molecule is CCC(C)(C)[N+](CC)(CC)CC.[OH-]. The topological polar surface area (TPSA) is 30.0 Å². The van der Waals surface area contributed by atoms with Crippen LogP contribution in [0.2, 0.25) is 0 Å². The van der Waals surface area contributed by atoms with Gasteiger partial charge in [-0.2, -0.15) is 0 Å². The van der Waals surface area contributed by atoms with Crippen LogP contribution in [0.1, 0.15) is 48.0 Å². The largest absolute Gasteiger partial charge is 0.870 e. The fraction of sp³-hybridized carbons (Fsp3) is 1.00. The van der Waals surface area contributed by atoms with Crippen LogP contribution < -0.4 is 0 Å². The minimum atomic E-state index is 0. The van der Waals surface area contributed by atoms with Gasteiger partial charge >= 0.3 is 0 Å². The number of hydrogen-bond donors (Lipinski definition) is 0. The summed E-state index contributed by atoms with van der Waals surface area (Å²) in [5, 5.41) is 0. The van der Waals surface area contributed by atoms with Crippen LogP contribution in [0, 0.1) is 0 Å². The zero-order chi connectivity index (χ0) is 9.83. The Morgan fingerprint density at radius 1 is 0.846 bits per heavy atom. The van der Waals surface area contributed by atoms with E-state index in [1.54, 1.807) is 0 Å². The van der Waals surface area contributed by atoms with Crippen molar-refractivity contribution in [2.24, 2.45) is 0 Å². The maximum Gasteiger partial charge on any atom is 0.0932 e. The molecule has 0 heterocycles. The third-order valence-electron chi connectivity index (χ3n) is 3.97. The Kier molecular flexibility index (Phi) is 6.64. The highest BCUT2D eigenvalue weighted by atomic mass is 16.0. The summed E-state index contributed by atoms with van der Waals surface area (Å²) in [6, 6.07) is 0. The molecule has 0 aromatic heterocycles. The summed E-state index contributed by atoms with van der Waals surface area (Å²) in [5.41, 5.74) is 0.443. The van der Waals surface area contributed by atoms with E-state index in [2.05, 4.69) is 41.5 Å². The van der Waals surface area contributed by atoms with Gasteiger partial charge in [0, 0.05) is 0 Å². The summed E-state index contributed by atoms with van der Waals surface area (Å²) >= 11 is 0. The van der Waals surface area contributed by atoms with Gasteiger partial charge < -0.3 is 9.96 Å². The highest BCUT2D eigenvalue weighted by Crippen LogP contribution is 2.27. The molecule has 0 saturated carbocycles. The normalized spacial score (nSPS) is 12.5. The Morgan fingerprint density at radius 3 is 1.23 bits per heavy atom. The third-order valence-corrected chi connectivity index (χ3v) is 3.97. The van der Waals surface area contributed by atoms with Crippen LogP contribution in [0.25, 0.3) is 0 Å². The molecule has 0 fully saturated rings. The number of nitrogens with zero attached hydrogens (tertiary/aromatic N) is 1. The molecule has 0 aliphatic carbocycles. The number of quaternary nitrogens is 1. The van der Waals surface area contributed by atoms with Crippen molar-refractivity contribution in [2.45, 2.75) is 53.5 Å². The van der Waals surface area contributed by atoms with Gasteiger partial charge in [-0.1, -0.05) is 6.92 Å². The van der Waals surface area contributed by atoms with Gasteiger partial charge in [-0.25, -0.2) is 0 Å². The molecule has 0 bridgehead atoms. The standard InChI is InChI=1S/C11H26N.H2O/c1-7-11(5,6)12(8-2,9-3)10-4;/h7-10H2,1-6H3;1H2/q+1;/p-1. The van der Waals surface area contributed by atoms with Crippen molar-refractivity contribution in [3.05, 3.63) is 0 Å². The van der Waals surface area contributed by atoms with Gasteiger partial charge in [-0.3, -0.25) is 0 Å². The second kappa shape index (κ2) is 5.61. The first-order valence-corrected chi connectivity index (χ1v) is 5.35. The summed E-state index contributed by atoms with van der Waals surface area (Å²) in [6.45, 7) is 17.8. The van der Waals surface area contributed by atoms with Crippen LogP contribution in [0.3, 0.4) is 0 Å². The molecular weight excluding hydrogens is 162 g/mol. The van der Waals surface area contributed by atoms with Crippen molar-refractivity contribution in [1.82, 2.24) is 0 Å². The fourth-order valence-corrected chi connectivity index (χ4v) is 2.29. The highest BCUT2D eigenvalue weighted by molar-refractivity contribution is 4.67. The zero-order valence-electron chi connectivity index (χ0n) is 10.2. The molecule has 2 heteroatoms. The van der Waals surface area contributed by atoms with E-state index >= 15 is 0 Å². The van der Waals surface area contributed by atoms with E-state index in [1.165, 1.54) is 30.5 Å². The van der Waals surface area contributed by atoms with Crippen molar-refractivity contribution in [2.75, 3.05) is 19.6 Å². The van der Waals surface area contributed by atoms with Gasteiger partial charge in [0.05, 0.1) is 25.2 Å². The zero-order valence-corrected chi connectivity index (χ0v) is 10.2. The van der Waals surface area contributed by atoms with E-state index in [-0.39, 0.29) is 5.48 Å². The predicted octanol–water partition coefficient (Wildman–Crippen LogP) is 2.87. The maximum atomic E-state index is 2.39. The van der Waals surface area contributed by atoms with Crippen molar-refractivity contribution in [3.8, 4) is 0 Å². The summed E-state index contributed by atoms with van der Waals surface area (Å²) in [4.78, 5) is 0. The third kappa shape index (κ3) is 2.68. The van der Waals surface area contributed by atoms with Crippen LogP contribution in [0.15, 0.2) is 0 Å². The van der Waals surface area contributed by atoms with Gasteiger partial charge in [0.15, 0.2) is 0 Å². The minimum absolute atomic E-state index is 0. The van der Waals surface area contributed by atoms with Crippen LogP contribution in [0.4, 0.5) is 0 Å². The molecule has 0 saturated heterocycles. The average Bonchev–Trinajstić information content (AvgIpc) is 2.08. The first kappa shape index (κ1) is 15.4. The molecule has 2 nitrogen and oxygen atoms in total. The molecule has 0 aromatic rings. The Balaban J connectivity index is 0. The number of rotatable bonds is 5. The molecule has 1 N–H and O–H groups in total. The van der Waals surface area contributed by atoms with Crippen LogP contribution >= 0.6 is 0 Å². The highest BCUT2D eigenvalue weighted by Gasteiger charge is 2.37. The predicted molar refractivity (Wildman–Crippen MR) is 58.2 cm³/mol. The van der Waals surface area contributed by atoms with Gasteiger partial charge in [0.25, 0.3) is 0 Å². The average molecular weight is 189 g/mol. The van der Waals surface area contributed by atoms with E-state index in [0.717, 1.165) is 0 Å². The van der Waals surface area contributed by atoms with Crippen LogP contribution in [-0.2, 0) is 0 Å². The van der Waals surface area contributed by atoms with Crippen molar-refractivity contribution < 1.29 is 9.96 Å². The second-order valence-corrected chi connectivity index (χ2v) is 4.26. The molecular formula is C11H27NO. The minimum Gasteiger partial charge on any atom is -0.870 e. The quantitative estimate of drug-likeness (QED) is 0.612.